The molecule has 116 valence electrons. The lowest BCUT2D eigenvalue weighted by Gasteiger charge is -2.56. The molecule has 0 spiro atoms. The predicted molar refractivity (Wildman–Crippen MR) is 89.3 cm³/mol. The summed E-state index contributed by atoms with van der Waals surface area (Å²) >= 11 is 1.53. The Labute approximate surface area is 134 Å². The van der Waals surface area contributed by atoms with E-state index in [0.29, 0.717) is 5.92 Å². The summed E-state index contributed by atoms with van der Waals surface area (Å²) < 4.78 is 1.07. The highest BCUT2D eigenvalue weighted by molar-refractivity contribution is 7.20. The molecule has 0 saturated carbocycles. The second kappa shape index (κ2) is 5.03. The topological polar surface area (TPSA) is 45.2 Å². The quantitative estimate of drug-likeness (QED) is 0.927. The van der Waals surface area contributed by atoms with Crippen LogP contribution in [0.3, 0.4) is 0 Å². The first-order valence-corrected chi connectivity index (χ1v) is 8.77. The summed E-state index contributed by atoms with van der Waals surface area (Å²) in [4.78, 5) is 20.1. The SMILES string of the molecule is CC1(C)[C@@H](NC(=O)c2cc3ccncc3s2)C2CCN1CC2. The second-order valence-electron chi connectivity index (χ2n) is 6.95. The highest BCUT2D eigenvalue weighted by atomic mass is 32.1. The summed E-state index contributed by atoms with van der Waals surface area (Å²) in [5.74, 6) is 0.674. The van der Waals surface area contributed by atoms with E-state index in [0.717, 1.165) is 15.0 Å². The van der Waals surface area contributed by atoms with Crippen LogP contribution < -0.4 is 5.32 Å². The number of hydrogen-bond acceptors (Lipinski definition) is 4. The summed E-state index contributed by atoms with van der Waals surface area (Å²) in [6.45, 7) is 6.85. The van der Waals surface area contributed by atoms with Gasteiger partial charge in [0.25, 0.3) is 5.91 Å². The van der Waals surface area contributed by atoms with E-state index in [-0.39, 0.29) is 17.5 Å². The lowest BCUT2D eigenvalue weighted by atomic mass is 9.72. The predicted octanol–water partition coefficient (Wildman–Crippen LogP) is 2.90. The van der Waals surface area contributed by atoms with Crippen LogP contribution in [0.2, 0.25) is 0 Å². The maximum atomic E-state index is 12.7. The van der Waals surface area contributed by atoms with Crippen molar-refractivity contribution in [2.45, 2.75) is 38.3 Å². The number of rotatable bonds is 2. The van der Waals surface area contributed by atoms with Crippen molar-refractivity contribution in [1.82, 2.24) is 15.2 Å². The Morgan fingerprint density at radius 3 is 2.86 bits per heavy atom. The average Bonchev–Trinajstić information content (AvgIpc) is 2.95. The maximum absolute atomic E-state index is 12.7. The van der Waals surface area contributed by atoms with Crippen molar-refractivity contribution in [3.63, 3.8) is 0 Å². The fourth-order valence-electron chi connectivity index (χ4n) is 4.09. The van der Waals surface area contributed by atoms with Gasteiger partial charge in [-0.3, -0.25) is 14.7 Å². The van der Waals surface area contributed by atoms with Crippen LogP contribution in [-0.4, -0.2) is 40.5 Å². The van der Waals surface area contributed by atoms with E-state index in [1.165, 1.54) is 37.3 Å². The number of fused-ring (bicyclic) bond motifs is 4. The summed E-state index contributed by atoms with van der Waals surface area (Å²) in [6.07, 6.45) is 6.00. The molecule has 2 bridgehead atoms. The molecule has 5 heteroatoms. The Balaban J connectivity index is 1.58. The van der Waals surface area contributed by atoms with E-state index in [2.05, 4.69) is 29.0 Å². The van der Waals surface area contributed by atoms with E-state index in [4.69, 9.17) is 0 Å². The number of nitrogens with one attached hydrogen (secondary N) is 1. The first-order chi connectivity index (χ1) is 10.6. The van der Waals surface area contributed by atoms with Gasteiger partial charge in [-0.15, -0.1) is 11.3 Å². The number of aromatic nitrogens is 1. The van der Waals surface area contributed by atoms with Crippen molar-refractivity contribution in [2.75, 3.05) is 13.1 Å². The lowest BCUT2D eigenvalue weighted by molar-refractivity contribution is -0.0377. The van der Waals surface area contributed by atoms with Gasteiger partial charge in [-0.1, -0.05) is 0 Å². The summed E-state index contributed by atoms with van der Waals surface area (Å²) in [5.41, 5.74) is 0.0507. The largest absolute Gasteiger partial charge is 0.346 e. The van der Waals surface area contributed by atoms with Gasteiger partial charge in [-0.2, -0.15) is 0 Å². The summed E-state index contributed by atoms with van der Waals surface area (Å²) in [7, 11) is 0. The molecule has 2 aromatic heterocycles. The highest BCUT2D eigenvalue weighted by Crippen LogP contribution is 2.39. The fraction of sp³-hybridized carbons (Fsp3) is 0.529. The molecule has 22 heavy (non-hydrogen) atoms. The minimum absolute atomic E-state index is 0.0507. The number of piperidine rings is 3. The molecule has 0 aliphatic carbocycles. The fourth-order valence-corrected chi connectivity index (χ4v) is 5.02. The molecular weight excluding hydrogens is 294 g/mol. The number of thiophene rings is 1. The molecule has 1 amide bonds. The Morgan fingerprint density at radius 2 is 2.18 bits per heavy atom. The van der Waals surface area contributed by atoms with Gasteiger partial charge in [-0.25, -0.2) is 0 Å². The standard InChI is InChI=1S/C17H21N3OS/c1-17(2)15(11-4-7-20(17)8-5-11)19-16(21)13-9-12-3-6-18-10-14(12)22-13/h3,6,9-11,15H,4-5,7-8H2,1-2H3,(H,19,21)/t15-/m0/s1. The van der Waals surface area contributed by atoms with Crippen LogP contribution in [-0.2, 0) is 0 Å². The van der Waals surface area contributed by atoms with E-state index in [1.54, 1.807) is 6.20 Å². The van der Waals surface area contributed by atoms with E-state index in [9.17, 15) is 4.79 Å². The van der Waals surface area contributed by atoms with Crippen molar-refractivity contribution in [1.29, 1.82) is 0 Å². The van der Waals surface area contributed by atoms with Crippen molar-refractivity contribution < 1.29 is 4.79 Å². The lowest BCUT2D eigenvalue weighted by Crippen LogP contribution is -2.69. The molecule has 1 N–H and O–H groups in total. The number of hydrogen-bond donors (Lipinski definition) is 1. The third-order valence-electron chi connectivity index (χ3n) is 5.42. The second-order valence-corrected chi connectivity index (χ2v) is 8.04. The van der Waals surface area contributed by atoms with Gasteiger partial charge in [0.15, 0.2) is 0 Å². The highest BCUT2D eigenvalue weighted by Gasteiger charge is 2.48. The van der Waals surface area contributed by atoms with Crippen LogP contribution in [0.1, 0.15) is 36.4 Å². The summed E-state index contributed by atoms with van der Waals surface area (Å²) in [5, 5.41) is 4.42. The molecule has 1 atom stereocenters. The zero-order chi connectivity index (χ0) is 15.3. The molecule has 0 radical (unpaired) electrons. The average molecular weight is 315 g/mol. The van der Waals surface area contributed by atoms with Crippen molar-refractivity contribution in [3.8, 4) is 0 Å². The molecule has 5 rings (SSSR count). The van der Waals surface area contributed by atoms with Gasteiger partial charge < -0.3 is 5.32 Å². The van der Waals surface area contributed by atoms with E-state index < -0.39 is 0 Å². The molecular formula is C17H21N3OS. The first-order valence-electron chi connectivity index (χ1n) is 7.95. The van der Waals surface area contributed by atoms with Crippen molar-refractivity contribution in [3.05, 3.63) is 29.4 Å². The monoisotopic (exact) mass is 315 g/mol. The molecule has 0 aromatic carbocycles. The molecule has 3 aliphatic heterocycles. The van der Waals surface area contributed by atoms with Gasteiger partial charge in [-0.05, 0) is 63.2 Å². The van der Waals surface area contributed by atoms with Gasteiger partial charge in [0, 0.05) is 24.0 Å². The molecule has 5 heterocycles. The Bertz CT molecular complexity index is 683. The van der Waals surface area contributed by atoms with Crippen LogP contribution in [0.25, 0.3) is 10.1 Å². The number of pyridine rings is 1. The minimum atomic E-state index is 0.0507. The normalized spacial score (nSPS) is 29.6. The molecule has 2 aromatic rings. The molecule has 3 saturated heterocycles. The number of nitrogens with zero attached hydrogens (tertiary/aromatic N) is 2. The molecule has 4 nitrogen and oxygen atoms in total. The van der Waals surface area contributed by atoms with E-state index >= 15 is 0 Å². The van der Waals surface area contributed by atoms with Crippen molar-refractivity contribution >= 4 is 27.3 Å². The third-order valence-corrected chi connectivity index (χ3v) is 6.50. The van der Waals surface area contributed by atoms with Gasteiger partial charge in [0.05, 0.1) is 9.58 Å². The Kier molecular flexibility index (Phi) is 3.24. The van der Waals surface area contributed by atoms with Crippen LogP contribution in [0.5, 0.6) is 0 Å². The Morgan fingerprint density at radius 1 is 1.41 bits per heavy atom. The van der Waals surface area contributed by atoms with Crippen LogP contribution in [0.4, 0.5) is 0 Å². The first kappa shape index (κ1) is 14.2. The molecule has 3 fully saturated rings. The Hall–Kier alpha value is -1.46. The third kappa shape index (κ3) is 2.15. The van der Waals surface area contributed by atoms with Crippen LogP contribution in [0.15, 0.2) is 24.5 Å². The van der Waals surface area contributed by atoms with Gasteiger partial charge in [0.1, 0.15) is 0 Å². The van der Waals surface area contributed by atoms with Crippen LogP contribution >= 0.6 is 11.3 Å². The zero-order valence-corrected chi connectivity index (χ0v) is 13.8. The smallest absolute Gasteiger partial charge is 0.261 e. The van der Waals surface area contributed by atoms with Gasteiger partial charge in [0.2, 0.25) is 0 Å². The zero-order valence-electron chi connectivity index (χ0n) is 13.0. The van der Waals surface area contributed by atoms with Crippen LogP contribution in [0, 0.1) is 5.92 Å². The number of carbonyl (C=O) groups excluding carboxylic acids is 1. The van der Waals surface area contributed by atoms with Crippen molar-refractivity contribution in [2.24, 2.45) is 5.92 Å². The van der Waals surface area contributed by atoms with E-state index in [1.807, 2.05) is 18.3 Å². The molecule has 0 unspecified atom stereocenters. The number of amides is 1. The van der Waals surface area contributed by atoms with Gasteiger partial charge >= 0.3 is 0 Å². The minimum Gasteiger partial charge on any atom is -0.346 e. The molecule has 3 aliphatic rings. The number of carbonyl (C=O) groups is 1. The maximum Gasteiger partial charge on any atom is 0.261 e. The summed E-state index contributed by atoms with van der Waals surface area (Å²) in [6, 6.07) is 4.18.